The molecule has 0 bridgehead atoms. The van der Waals surface area contributed by atoms with E-state index < -0.39 is 17.3 Å². The van der Waals surface area contributed by atoms with Gasteiger partial charge in [-0.05, 0) is 31.2 Å². The molecule has 0 spiro atoms. The quantitative estimate of drug-likeness (QED) is 0.675. The molecular weight excluding hydrogens is 390 g/mol. The van der Waals surface area contributed by atoms with Crippen LogP contribution in [0, 0.1) is 6.92 Å². The normalized spacial score (nSPS) is 10.5. The van der Waals surface area contributed by atoms with Gasteiger partial charge in [0.15, 0.2) is 5.69 Å². The topological polar surface area (TPSA) is 90.3 Å². The van der Waals surface area contributed by atoms with Crippen molar-refractivity contribution in [2.24, 2.45) is 0 Å². The number of aromatic nitrogens is 2. The first kappa shape index (κ1) is 18.8. The number of benzene rings is 1. The molecule has 0 atom stereocenters. The lowest BCUT2D eigenvalue weighted by molar-refractivity contribution is 0.0606. The Bertz CT molecular complexity index is 1090. The van der Waals surface area contributed by atoms with Crippen molar-refractivity contribution in [3.8, 4) is 5.69 Å². The number of methoxy groups -OCH3 is 1. The average Bonchev–Trinajstić information content (AvgIpc) is 3.10. The molecular formula is C18H14ClN3O4S. The molecule has 1 amide bonds. The smallest absolute Gasteiger partial charge is 0.348 e. The molecule has 0 fully saturated rings. The maximum Gasteiger partial charge on any atom is 0.348 e. The zero-order chi connectivity index (χ0) is 19.6. The van der Waals surface area contributed by atoms with Crippen molar-refractivity contribution in [2.45, 2.75) is 6.92 Å². The monoisotopic (exact) mass is 403 g/mol. The fraction of sp³-hybridized carbons (Fsp3) is 0.111. The number of hydrogen-bond donors (Lipinski definition) is 1. The largest absolute Gasteiger partial charge is 0.465 e. The minimum atomic E-state index is -0.681. The average molecular weight is 404 g/mol. The van der Waals surface area contributed by atoms with E-state index >= 15 is 0 Å². The van der Waals surface area contributed by atoms with Crippen molar-refractivity contribution in [3.05, 3.63) is 74.0 Å². The highest BCUT2D eigenvalue weighted by molar-refractivity contribution is 7.18. The number of ether oxygens (including phenoxy) is 1. The zero-order valence-electron chi connectivity index (χ0n) is 14.4. The highest BCUT2D eigenvalue weighted by atomic mass is 35.5. The maximum atomic E-state index is 12.5. The fourth-order valence-corrected chi connectivity index (χ4v) is 3.39. The molecule has 0 saturated heterocycles. The Kier molecular flexibility index (Phi) is 5.38. The third-order valence-corrected chi connectivity index (χ3v) is 4.93. The highest BCUT2D eigenvalue weighted by Gasteiger charge is 2.18. The van der Waals surface area contributed by atoms with E-state index in [9.17, 15) is 14.4 Å². The Hall–Kier alpha value is -2.97. The number of para-hydroxylation sites is 1. The second kappa shape index (κ2) is 7.73. The Balaban J connectivity index is 1.94. The molecule has 0 radical (unpaired) electrons. The van der Waals surface area contributed by atoms with Crippen LogP contribution >= 0.6 is 22.9 Å². The number of halogens is 1. The molecule has 0 aliphatic heterocycles. The number of rotatable bonds is 4. The molecule has 2 aromatic heterocycles. The summed E-state index contributed by atoms with van der Waals surface area (Å²) in [4.78, 5) is 36.6. The number of anilines is 1. The summed E-state index contributed by atoms with van der Waals surface area (Å²) in [6.45, 7) is 1.70. The number of carbonyl (C=O) groups excluding carboxylic acids is 2. The molecule has 0 aliphatic rings. The van der Waals surface area contributed by atoms with Crippen LogP contribution in [0.3, 0.4) is 0 Å². The van der Waals surface area contributed by atoms with Gasteiger partial charge in [0.25, 0.3) is 5.91 Å². The van der Waals surface area contributed by atoms with Crippen LogP contribution in [0.2, 0.25) is 5.02 Å². The number of amides is 1. The summed E-state index contributed by atoms with van der Waals surface area (Å²) in [6.07, 6.45) is 0. The lowest BCUT2D eigenvalue weighted by atomic mass is 10.2. The molecule has 27 heavy (non-hydrogen) atoms. The van der Waals surface area contributed by atoms with E-state index in [0.717, 1.165) is 11.3 Å². The Morgan fingerprint density at radius 3 is 2.67 bits per heavy atom. The summed E-state index contributed by atoms with van der Waals surface area (Å²) < 4.78 is 6.07. The van der Waals surface area contributed by atoms with Crippen LogP contribution in [0.15, 0.2) is 47.3 Å². The number of nitrogens with zero attached hydrogens (tertiary/aromatic N) is 2. The molecule has 0 unspecified atom stereocenters. The van der Waals surface area contributed by atoms with Crippen molar-refractivity contribution >= 4 is 39.8 Å². The van der Waals surface area contributed by atoms with Gasteiger partial charge in [-0.25, -0.2) is 9.48 Å². The van der Waals surface area contributed by atoms with Gasteiger partial charge in [-0.1, -0.05) is 23.7 Å². The molecule has 138 valence electrons. The standard InChI is InChI=1S/C18H14ClN3O4S/c1-10-9-13(23)16(21-22(10)12-6-4-3-5-11(12)19)17(24)20-15-8-7-14(27-15)18(25)26-2/h3-9H,1-2H3,(H,20,24). The number of thiophene rings is 1. The lowest BCUT2D eigenvalue weighted by Crippen LogP contribution is -2.26. The zero-order valence-corrected chi connectivity index (χ0v) is 15.9. The minimum absolute atomic E-state index is 0.284. The Labute approximate surface area is 163 Å². The van der Waals surface area contributed by atoms with Gasteiger partial charge in [-0.15, -0.1) is 11.3 Å². The van der Waals surface area contributed by atoms with Crippen LogP contribution in [-0.4, -0.2) is 28.8 Å². The van der Waals surface area contributed by atoms with Gasteiger partial charge < -0.3 is 10.1 Å². The number of aryl methyl sites for hydroxylation is 1. The van der Waals surface area contributed by atoms with Crippen LogP contribution < -0.4 is 10.7 Å². The van der Waals surface area contributed by atoms with E-state index in [1.807, 2.05) is 0 Å². The van der Waals surface area contributed by atoms with E-state index in [-0.39, 0.29) is 5.69 Å². The van der Waals surface area contributed by atoms with Crippen molar-refractivity contribution in [2.75, 3.05) is 12.4 Å². The number of nitrogens with one attached hydrogen (secondary N) is 1. The number of hydrogen-bond acceptors (Lipinski definition) is 6. The Morgan fingerprint density at radius 2 is 1.96 bits per heavy atom. The second-order valence-electron chi connectivity index (χ2n) is 5.47. The molecule has 1 N–H and O–H groups in total. The van der Waals surface area contributed by atoms with Gasteiger partial charge in [-0.3, -0.25) is 9.59 Å². The van der Waals surface area contributed by atoms with Crippen molar-refractivity contribution < 1.29 is 14.3 Å². The van der Waals surface area contributed by atoms with Crippen LogP contribution in [0.1, 0.15) is 25.9 Å². The molecule has 0 saturated carbocycles. The highest BCUT2D eigenvalue weighted by Crippen LogP contribution is 2.23. The summed E-state index contributed by atoms with van der Waals surface area (Å²) >= 11 is 7.23. The summed E-state index contributed by atoms with van der Waals surface area (Å²) in [5.41, 5.74) is 0.287. The first-order chi connectivity index (χ1) is 12.9. The summed E-state index contributed by atoms with van der Waals surface area (Å²) in [7, 11) is 1.27. The molecule has 3 rings (SSSR count). The van der Waals surface area contributed by atoms with Crippen LogP contribution in [0.5, 0.6) is 0 Å². The van der Waals surface area contributed by atoms with Gasteiger partial charge in [0.05, 0.1) is 22.8 Å². The van der Waals surface area contributed by atoms with E-state index in [2.05, 4.69) is 15.2 Å². The van der Waals surface area contributed by atoms with Gasteiger partial charge >= 0.3 is 5.97 Å². The van der Waals surface area contributed by atoms with Crippen molar-refractivity contribution in [1.29, 1.82) is 0 Å². The first-order valence-electron chi connectivity index (χ1n) is 7.76. The van der Waals surface area contributed by atoms with E-state index in [1.165, 1.54) is 23.9 Å². The number of esters is 1. The van der Waals surface area contributed by atoms with Gasteiger partial charge in [0.1, 0.15) is 4.88 Å². The van der Waals surface area contributed by atoms with Crippen molar-refractivity contribution in [3.63, 3.8) is 0 Å². The molecule has 2 heterocycles. The third-order valence-electron chi connectivity index (χ3n) is 3.63. The third kappa shape index (κ3) is 3.91. The van der Waals surface area contributed by atoms with E-state index in [1.54, 1.807) is 37.3 Å². The van der Waals surface area contributed by atoms with E-state index in [0.29, 0.717) is 26.3 Å². The molecule has 7 nitrogen and oxygen atoms in total. The number of carbonyl (C=O) groups is 2. The van der Waals surface area contributed by atoms with E-state index in [4.69, 9.17) is 11.6 Å². The molecule has 0 aliphatic carbocycles. The van der Waals surface area contributed by atoms with Crippen molar-refractivity contribution in [1.82, 2.24) is 9.78 Å². The molecule has 9 heteroatoms. The maximum absolute atomic E-state index is 12.5. The molecule has 3 aromatic rings. The van der Waals surface area contributed by atoms with Crippen LogP contribution in [-0.2, 0) is 4.74 Å². The summed E-state index contributed by atoms with van der Waals surface area (Å²) in [5.74, 6) is -1.19. The Morgan fingerprint density at radius 1 is 1.22 bits per heavy atom. The van der Waals surface area contributed by atoms with Crippen LogP contribution in [0.4, 0.5) is 5.00 Å². The lowest BCUT2D eigenvalue weighted by Gasteiger charge is -2.12. The van der Waals surface area contributed by atoms with Gasteiger partial charge in [0, 0.05) is 11.8 Å². The minimum Gasteiger partial charge on any atom is -0.465 e. The summed E-state index contributed by atoms with van der Waals surface area (Å²) in [5, 5.41) is 7.58. The van der Waals surface area contributed by atoms with Crippen LogP contribution in [0.25, 0.3) is 5.69 Å². The summed E-state index contributed by atoms with van der Waals surface area (Å²) in [6, 6.07) is 11.4. The fourth-order valence-electron chi connectivity index (χ4n) is 2.36. The predicted octanol–water partition coefficient (Wildman–Crippen LogP) is 3.29. The van der Waals surface area contributed by atoms with Gasteiger partial charge in [-0.2, -0.15) is 5.10 Å². The molecule has 1 aromatic carbocycles. The predicted molar refractivity (Wildman–Crippen MR) is 103 cm³/mol. The van der Waals surface area contributed by atoms with Gasteiger partial charge in [0.2, 0.25) is 5.43 Å². The first-order valence-corrected chi connectivity index (χ1v) is 8.95. The SMILES string of the molecule is COC(=O)c1ccc(NC(=O)c2nn(-c3ccccc3Cl)c(C)cc2=O)s1. The second-order valence-corrected chi connectivity index (χ2v) is 6.96.